The van der Waals surface area contributed by atoms with Gasteiger partial charge in [0, 0.05) is 31.5 Å². The van der Waals surface area contributed by atoms with Crippen LogP contribution < -0.4 is 10.0 Å². The zero-order valence-electron chi connectivity index (χ0n) is 12.2. The maximum absolute atomic E-state index is 12.3. The van der Waals surface area contributed by atoms with Crippen LogP contribution in [0.25, 0.3) is 0 Å². The molecular weight excluding hydrogens is 288 g/mol. The summed E-state index contributed by atoms with van der Waals surface area (Å²) in [5.41, 5.74) is 1.04. The molecule has 0 saturated carbocycles. The molecule has 1 heterocycles. The monoisotopic (exact) mass is 308 g/mol. The van der Waals surface area contributed by atoms with E-state index < -0.39 is 10.0 Å². The summed E-state index contributed by atoms with van der Waals surface area (Å²) in [5.74, 6) is 0. The van der Waals surface area contributed by atoms with Crippen LogP contribution in [0.2, 0.25) is 0 Å². The molecule has 0 aliphatic carbocycles. The van der Waals surface area contributed by atoms with E-state index in [0.29, 0.717) is 13.1 Å². The lowest BCUT2D eigenvalue weighted by Crippen LogP contribution is -2.35. The van der Waals surface area contributed by atoms with Gasteiger partial charge in [0.1, 0.15) is 0 Å². The van der Waals surface area contributed by atoms with Crippen molar-refractivity contribution in [2.24, 2.45) is 0 Å². The van der Waals surface area contributed by atoms with Crippen molar-refractivity contribution in [3.63, 3.8) is 0 Å². The molecular formula is C14H20N4O2S. The molecule has 6 nitrogen and oxygen atoms in total. The van der Waals surface area contributed by atoms with Gasteiger partial charge in [-0.3, -0.25) is 0 Å². The van der Waals surface area contributed by atoms with Crippen LogP contribution in [-0.2, 0) is 23.1 Å². The molecule has 0 fully saturated rings. The Kier molecular flexibility index (Phi) is 5.11. The third-order valence-electron chi connectivity index (χ3n) is 3.01. The van der Waals surface area contributed by atoms with Crippen molar-refractivity contribution in [2.75, 3.05) is 7.05 Å². The van der Waals surface area contributed by atoms with Gasteiger partial charge < -0.3 is 9.88 Å². The van der Waals surface area contributed by atoms with Gasteiger partial charge in [-0.05, 0) is 31.7 Å². The average Bonchev–Trinajstić information content (AvgIpc) is 2.92. The highest BCUT2D eigenvalue weighted by molar-refractivity contribution is 7.89. The van der Waals surface area contributed by atoms with Gasteiger partial charge in [-0.15, -0.1) is 0 Å². The van der Waals surface area contributed by atoms with E-state index in [1.807, 2.05) is 30.7 Å². The van der Waals surface area contributed by atoms with Crippen LogP contribution in [0.4, 0.5) is 0 Å². The van der Waals surface area contributed by atoms with E-state index in [9.17, 15) is 8.42 Å². The zero-order valence-corrected chi connectivity index (χ0v) is 13.0. The van der Waals surface area contributed by atoms with Crippen molar-refractivity contribution in [1.29, 1.82) is 0 Å². The van der Waals surface area contributed by atoms with Crippen molar-refractivity contribution in [1.82, 2.24) is 19.6 Å². The van der Waals surface area contributed by atoms with Crippen LogP contribution in [0.5, 0.6) is 0 Å². The summed E-state index contributed by atoms with van der Waals surface area (Å²) in [6.45, 7) is 3.08. The zero-order chi connectivity index (χ0) is 15.3. The molecule has 0 spiro atoms. The Bertz CT molecular complexity index is 651. The highest BCUT2D eigenvalue weighted by Gasteiger charge is 2.17. The quantitative estimate of drug-likeness (QED) is 0.799. The largest absolute Gasteiger partial charge is 0.336 e. The molecule has 114 valence electrons. The van der Waals surface area contributed by atoms with Crippen molar-refractivity contribution in [2.45, 2.75) is 31.0 Å². The fourth-order valence-corrected chi connectivity index (χ4v) is 3.31. The summed E-state index contributed by atoms with van der Waals surface area (Å²) < 4.78 is 29.1. The van der Waals surface area contributed by atoms with E-state index in [0.717, 1.165) is 5.56 Å². The van der Waals surface area contributed by atoms with E-state index in [-0.39, 0.29) is 10.9 Å². The first-order valence-corrected chi connectivity index (χ1v) is 8.21. The molecule has 21 heavy (non-hydrogen) atoms. The highest BCUT2D eigenvalue weighted by Crippen LogP contribution is 2.11. The molecule has 1 aromatic carbocycles. The maximum Gasteiger partial charge on any atom is 0.240 e. The second kappa shape index (κ2) is 6.84. The Hall–Kier alpha value is -1.70. The topological polar surface area (TPSA) is 76.0 Å². The Morgan fingerprint density at radius 3 is 2.57 bits per heavy atom. The first-order chi connectivity index (χ1) is 10.0. The van der Waals surface area contributed by atoms with Crippen LogP contribution in [0.3, 0.4) is 0 Å². The summed E-state index contributed by atoms with van der Waals surface area (Å²) in [5, 5.41) is 3.03. The fourth-order valence-electron chi connectivity index (χ4n) is 2.07. The number of hydrogen-bond donors (Lipinski definition) is 2. The molecule has 0 bridgehead atoms. The molecule has 0 aliphatic heterocycles. The number of benzene rings is 1. The molecule has 0 radical (unpaired) electrons. The third kappa shape index (κ3) is 4.38. The number of rotatable bonds is 7. The minimum absolute atomic E-state index is 0.221. The molecule has 2 rings (SSSR count). The van der Waals surface area contributed by atoms with Gasteiger partial charge in [0.2, 0.25) is 10.0 Å². The van der Waals surface area contributed by atoms with Crippen LogP contribution in [0.15, 0.2) is 47.9 Å². The lowest BCUT2D eigenvalue weighted by atomic mass is 10.2. The van der Waals surface area contributed by atoms with Crippen molar-refractivity contribution < 1.29 is 8.42 Å². The number of aromatic nitrogens is 2. The van der Waals surface area contributed by atoms with Crippen molar-refractivity contribution >= 4 is 10.0 Å². The van der Waals surface area contributed by atoms with E-state index in [1.54, 1.807) is 30.9 Å². The minimum atomic E-state index is -3.50. The molecule has 1 atom stereocenters. The van der Waals surface area contributed by atoms with Gasteiger partial charge in [-0.25, -0.2) is 18.1 Å². The molecule has 0 aliphatic rings. The Morgan fingerprint density at radius 2 is 2.00 bits per heavy atom. The van der Waals surface area contributed by atoms with Gasteiger partial charge in [0.25, 0.3) is 0 Å². The second-order valence-corrected chi connectivity index (χ2v) is 6.67. The molecule has 0 amide bonds. The first kappa shape index (κ1) is 15.7. The van der Waals surface area contributed by atoms with E-state index in [1.165, 1.54) is 0 Å². The van der Waals surface area contributed by atoms with Crippen LogP contribution in [0.1, 0.15) is 12.5 Å². The van der Waals surface area contributed by atoms with Gasteiger partial charge in [0.15, 0.2) is 0 Å². The fraction of sp³-hybridized carbons (Fsp3) is 0.357. The standard InChI is InChI=1S/C14H20N4O2S/c1-12(10-18-8-7-16-11-18)17-21(19,20)14-5-3-13(4-6-14)9-15-2/h3-8,11-12,15,17H,9-10H2,1-2H3. The van der Waals surface area contributed by atoms with Gasteiger partial charge >= 0.3 is 0 Å². The number of nitrogens with zero attached hydrogens (tertiary/aromatic N) is 2. The number of hydrogen-bond acceptors (Lipinski definition) is 4. The molecule has 1 aromatic heterocycles. The summed E-state index contributed by atoms with van der Waals surface area (Å²) in [6.07, 6.45) is 5.14. The summed E-state index contributed by atoms with van der Waals surface area (Å²) in [7, 11) is -1.65. The second-order valence-electron chi connectivity index (χ2n) is 4.96. The van der Waals surface area contributed by atoms with Crippen LogP contribution in [0, 0.1) is 0 Å². The summed E-state index contributed by atoms with van der Waals surface area (Å²) in [4.78, 5) is 4.21. The van der Waals surface area contributed by atoms with E-state index in [4.69, 9.17) is 0 Å². The van der Waals surface area contributed by atoms with Crippen LogP contribution >= 0.6 is 0 Å². The minimum Gasteiger partial charge on any atom is -0.336 e. The van der Waals surface area contributed by atoms with Crippen molar-refractivity contribution in [3.05, 3.63) is 48.5 Å². The van der Waals surface area contributed by atoms with Crippen LogP contribution in [-0.4, -0.2) is 31.1 Å². The first-order valence-electron chi connectivity index (χ1n) is 6.73. The SMILES string of the molecule is CNCc1ccc(S(=O)(=O)NC(C)Cn2ccnc2)cc1. The summed E-state index contributed by atoms with van der Waals surface area (Å²) in [6, 6.07) is 6.65. The van der Waals surface area contributed by atoms with E-state index in [2.05, 4.69) is 15.0 Å². The predicted octanol–water partition coefficient (Wildman–Crippen LogP) is 0.969. The maximum atomic E-state index is 12.3. The highest BCUT2D eigenvalue weighted by atomic mass is 32.2. The molecule has 2 aromatic rings. The smallest absolute Gasteiger partial charge is 0.240 e. The summed E-state index contributed by atoms with van der Waals surface area (Å²) >= 11 is 0. The Balaban J connectivity index is 2.03. The van der Waals surface area contributed by atoms with Gasteiger partial charge in [0.05, 0.1) is 11.2 Å². The molecule has 0 saturated heterocycles. The molecule has 1 unspecified atom stereocenters. The normalized spacial score (nSPS) is 13.2. The predicted molar refractivity (Wildman–Crippen MR) is 81.2 cm³/mol. The van der Waals surface area contributed by atoms with Crippen molar-refractivity contribution in [3.8, 4) is 0 Å². The van der Waals surface area contributed by atoms with Gasteiger partial charge in [-0.1, -0.05) is 12.1 Å². The average molecular weight is 308 g/mol. The lowest BCUT2D eigenvalue weighted by molar-refractivity contribution is 0.520. The van der Waals surface area contributed by atoms with E-state index >= 15 is 0 Å². The number of imidazole rings is 1. The lowest BCUT2D eigenvalue weighted by Gasteiger charge is -2.15. The third-order valence-corrected chi connectivity index (χ3v) is 4.62. The Morgan fingerprint density at radius 1 is 1.29 bits per heavy atom. The molecule has 7 heteroatoms. The molecule has 2 N–H and O–H groups in total. The number of sulfonamides is 1. The Labute approximate surface area is 125 Å². The van der Waals surface area contributed by atoms with Gasteiger partial charge in [-0.2, -0.15) is 0 Å². The number of nitrogens with one attached hydrogen (secondary N) is 2.